The first-order valence-electron chi connectivity index (χ1n) is 8.56. The molecular weight excluding hydrogens is 364 g/mol. The van der Waals surface area contributed by atoms with E-state index in [1.165, 1.54) is 14.2 Å². The number of carbonyl (C=O) groups is 1. The van der Waals surface area contributed by atoms with Gasteiger partial charge in [-0.2, -0.15) is 0 Å². The van der Waals surface area contributed by atoms with Crippen molar-refractivity contribution in [3.63, 3.8) is 0 Å². The molecule has 6 nitrogen and oxygen atoms in total. The molecule has 0 saturated carbocycles. The van der Waals surface area contributed by atoms with Gasteiger partial charge in [-0.15, -0.1) is 0 Å². The maximum atomic E-state index is 12.5. The Bertz CT molecular complexity index is 883. The molecule has 2 aromatic rings. The van der Waals surface area contributed by atoms with E-state index >= 15 is 0 Å². The van der Waals surface area contributed by atoms with E-state index in [9.17, 15) is 13.2 Å². The van der Waals surface area contributed by atoms with Crippen molar-refractivity contribution in [1.82, 2.24) is 9.79 Å². The van der Waals surface area contributed by atoms with Crippen LogP contribution >= 0.6 is 0 Å². The van der Waals surface area contributed by atoms with E-state index in [1.807, 2.05) is 12.1 Å². The van der Waals surface area contributed by atoms with E-state index < -0.39 is 10.0 Å². The Morgan fingerprint density at radius 3 is 2.07 bits per heavy atom. The molecule has 2 aromatic carbocycles. The number of hydrogen-bond donors (Lipinski definition) is 1. The van der Waals surface area contributed by atoms with Gasteiger partial charge in [0.25, 0.3) is 5.91 Å². The molecule has 7 heteroatoms. The Balaban J connectivity index is 2.06. The summed E-state index contributed by atoms with van der Waals surface area (Å²) in [7, 11) is -0.675. The first kappa shape index (κ1) is 21.1. The van der Waals surface area contributed by atoms with Crippen molar-refractivity contribution in [2.75, 3.05) is 14.2 Å². The van der Waals surface area contributed by atoms with Gasteiger partial charge in [-0.25, -0.2) is 18.2 Å². The first-order valence-corrected chi connectivity index (χ1v) is 10.0. The van der Waals surface area contributed by atoms with Crippen LogP contribution in [0.5, 0.6) is 0 Å². The number of hydroxylamine groups is 2. The maximum absolute atomic E-state index is 12.5. The zero-order valence-corrected chi connectivity index (χ0v) is 17.1. The van der Waals surface area contributed by atoms with Gasteiger partial charge in [0, 0.05) is 19.2 Å². The fraction of sp³-hybridized carbons (Fsp3) is 0.350. The summed E-state index contributed by atoms with van der Waals surface area (Å²) < 4.78 is 27.5. The van der Waals surface area contributed by atoms with Crippen LogP contribution in [0.1, 0.15) is 42.3 Å². The monoisotopic (exact) mass is 390 g/mol. The summed E-state index contributed by atoms with van der Waals surface area (Å²) in [6, 6.07) is 13.6. The van der Waals surface area contributed by atoms with E-state index in [0.717, 1.165) is 16.2 Å². The minimum atomic E-state index is -3.61. The number of hydrogen-bond acceptors (Lipinski definition) is 4. The molecule has 0 saturated heterocycles. The van der Waals surface area contributed by atoms with Crippen LogP contribution in [0.2, 0.25) is 0 Å². The normalized spacial score (nSPS) is 12.0. The van der Waals surface area contributed by atoms with Gasteiger partial charge < -0.3 is 0 Å². The van der Waals surface area contributed by atoms with Crippen molar-refractivity contribution in [3.8, 4) is 0 Å². The molecule has 1 amide bonds. The van der Waals surface area contributed by atoms with E-state index in [2.05, 4.69) is 25.5 Å². The summed E-state index contributed by atoms with van der Waals surface area (Å²) in [6.45, 7) is 6.37. The molecule has 0 unspecified atom stereocenters. The van der Waals surface area contributed by atoms with E-state index in [0.29, 0.717) is 5.56 Å². The molecular formula is C20H26N2O4S. The largest absolute Gasteiger partial charge is 0.277 e. The molecule has 0 heterocycles. The fourth-order valence-electron chi connectivity index (χ4n) is 2.43. The molecule has 2 rings (SSSR count). The zero-order valence-electron chi connectivity index (χ0n) is 16.3. The number of amides is 1. The number of nitrogens with one attached hydrogen (secondary N) is 1. The van der Waals surface area contributed by atoms with E-state index in [1.54, 1.807) is 36.4 Å². The Labute approximate surface area is 161 Å². The summed E-state index contributed by atoms with van der Waals surface area (Å²) >= 11 is 0. The second-order valence-corrected chi connectivity index (χ2v) is 9.05. The predicted octanol–water partition coefficient (Wildman–Crippen LogP) is 3.10. The molecule has 0 aliphatic carbocycles. The lowest BCUT2D eigenvalue weighted by atomic mass is 9.87. The third-order valence-corrected chi connectivity index (χ3v) is 5.67. The highest BCUT2D eigenvalue weighted by molar-refractivity contribution is 7.89. The lowest BCUT2D eigenvalue weighted by Crippen LogP contribution is -2.25. The highest BCUT2D eigenvalue weighted by Gasteiger charge is 2.17. The van der Waals surface area contributed by atoms with Crippen LogP contribution in [0.4, 0.5) is 0 Å². The molecule has 146 valence electrons. The Morgan fingerprint density at radius 1 is 1.04 bits per heavy atom. The summed E-state index contributed by atoms with van der Waals surface area (Å²) in [6.07, 6.45) is 0. The van der Waals surface area contributed by atoms with Gasteiger partial charge in [-0.05, 0) is 40.8 Å². The minimum absolute atomic E-state index is 0.0359. The van der Waals surface area contributed by atoms with Gasteiger partial charge in [-0.3, -0.25) is 9.63 Å². The Kier molecular flexibility index (Phi) is 6.41. The van der Waals surface area contributed by atoms with Crippen LogP contribution in [0, 0.1) is 0 Å². The molecule has 0 atom stereocenters. The van der Waals surface area contributed by atoms with Crippen LogP contribution in [0.3, 0.4) is 0 Å². The average Bonchev–Trinajstić information content (AvgIpc) is 2.65. The third-order valence-electron chi connectivity index (χ3n) is 4.26. The summed E-state index contributed by atoms with van der Waals surface area (Å²) in [4.78, 5) is 17.1. The van der Waals surface area contributed by atoms with Crippen molar-refractivity contribution in [2.24, 2.45) is 0 Å². The molecule has 0 spiro atoms. The molecule has 0 aromatic heterocycles. The molecule has 27 heavy (non-hydrogen) atoms. The lowest BCUT2D eigenvalue weighted by molar-refractivity contribution is -0.0756. The zero-order chi connectivity index (χ0) is 20.2. The Morgan fingerprint density at radius 2 is 1.59 bits per heavy atom. The van der Waals surface area contributed by atoms with Crippen molar-refractivity contribution in [3.05, 3.63) is 65.2 Å². The SMILES string of the molecule is CON(C)C(=O)c1ccc(CNS(=O)(=O)c2ccc(C(C)(C)C)cc2)cc1. The Hall–Kier alpha value is -2.22. The van der Waals surface area contributed by atoms with Gasteiger partial charge in [0.05, 0.1) is 12.0 Å². The second-order valence-electron chi connectivity index (χ2n) is 7.28. The molecule has 0 radical (unpaired) electrons. The van der Waals surface area contributed by atoms with Crippen LogP contribution in [-0.4, -0.2) is 33.5 Å². The quantitative estimate of drug-likeness (QED) is 0.769. The highest BCUT2D eigenvalue weighted by Crippen LogP contribution is 2.23. The van der Waals surface area contributed by atoms with Crippen LogP contribution < -0.4 is 4.72 Å². The van der Waals surface area contributed by atoms with Crippen molar-refractivity contribution in [1.29, 1.82) is 0 Å². The first-order chi connectivity index (χ1) is 12.5. The average molecular weight is 391 g/mol. The topological polar surface area (TPSA) is 75.7 Å². The van der Waals surface area contributed by atoms with Crippen LogP contribution in [0.25, 0.3) is 0 Å². The van der Waals surface area contributed by atoms with Crippen molar-refractivity contribution in [2.45, 2.75) is 37.6 Å². The van der Waals surface area contributed by atoms with Gasteiger partial charge in [0.15, 0.2) is 0 Å². The maximum Gasteiger partial charge on any atom is 0.277 e. The van der Waals surface area contributed by atoms with Crippen LogP contribution in [-0.2, 0) is 26.8 Å². The lowest BCUT2D eigenvalue weighted by Gasteiger charge is -2.19. The second kappa shape index (κ2) is 8.21. The van der Waals surface area contributed by atoms with E-state index in [4.69, 9.17) is 4.84 Å². The summed E-state index contributed by atoms with van der Waals surface area (Å²) in [5.74, 6) is -0.274. The van der Waals surface area contributed by atoms with Crippen molar-refractivity contribution >= 4 is 15.9 Å². The fourth-order valence-corrected chi connectivity index (χ4v) is 3.44. The summed E-state index contributed by atoms with van der Waals surface area (Å²) in [5, 5.41) is 1.12. The van der Waals surface area contributed by atoms with Gasteiger partial charge in [0.2, 0.25) is 10.0 Å². The van der Waals surface area contributed by atoms with Gasteiger partial charge in [0.1, 0.15) is 0 Å². The predicted molar refractivity (Wildman–Crippen MR) is 105 cm³/mol. The smallest absolute Gasteiger partial charge is 0.274 e. The highest BCUT2D eigenvalue weighted by atomic mass is 32.2. The van der Waals surface area contributed by atoms with Gasteiger partial charge >= 0.3 is 0 Å². The summed E-state index contributed by atoms with van der Waals surface area (Å²) in [5.41, 5.74) is 2.25. The van der Waals surface area contributed by atoms with Crippen LogP contribution in [0.15, 0.2) is 53.4 Å². The number of nitrogens with zero attached hydrogens (tertiary/aromatic N) is 1. The number of sulfonamides is 1. The minimum Gasteiger partial charge on any atom is -0.274 e. The van der Waals surface area contributed by atoms with Gasteiger partial charge in [-0.1, -0.05) is 45.0 Å². The van der Waals surface area contributed by atoms with Crippen molar-refractivity contribution < 1.29 is 18.0 Å². The number of benzene rings is 2. The molecule has 0 bridgehead atoms. The number of carbonyl (C=O) groups excluding carboxylic acids is 1. The molecule has 0 aliphatic rings. The standard InChI is InChI=1S/C20H26N2O4S/c1-20(2,3)17-10-12-18(13-11-17)27(24,25)21-14-15-6-8-16(9-7-15)19(23)22(4)26-5/h6-13,21H,14H2,1-5H3. The molecule has 1 N–H and O–H groups in total. The van der Waals surface area contributed by atoms with E-state index in [-0.39, 0.29) is 22.8 Å². The molecule has 0 fully saturated rings. The third kappa shape index (κ3) is 5.38. The molecule has 0 aliphatic heterocycles. The number of rotatable bonds is 6.